The molecule has 0 bridgehead atoms. The Morgan fingerprint density at radius 1 is 1.19 bits per heavy atom. The fourth-order valence-corrected chi connectivity index (χ4v) is 3.27. The first-order valence-electron chi connectivity index (χ1n) is 7.00. The molecule has 0 saturated carbocycles. The topological polar surface area (TPSA) is 21.3 Å². The highest BCUT2D eigenvalue weighted by molar-refractivity contribution is 6.33. The third-order valence-electron chi connectivity index (χ3n) is 3.81. The first-order valence-corrected chi connectivity index (χ1v) is 7.75. The highest BCUT2D eigenvalue weighted by atomic mass is 35.5. The van der Waals surface area contributed by atoms with Gasteiger partial charge in [0.15, 0.2) is 0 Å². The van der Waals surface area contributed by atoms with Gasteiger partial charge in [-0.15, -0.1) is 0 Å². The predicted octanol–water partition coefficient (Wildman–Crippen LogP) is 4.63. The Bertz CT molecular complexity index is 672. The number of benzene rings is 2. The number of nitrogens with one attached hydrogen (secondary N) is 1. The van der Waals surface area contributed by atoms with Crippen molar-refractivity contribution >= 4 is 23.2 Å². The van der Waals surface area contributed by atoms with E-state index in [-0.39, 0.29) is 12.1 Å². The molecular formula is C17H17Cl2NO. The van der Waals surface area contributed by atoms with E-state index in [1.54, 1.807) is 6.07 Å². The van der Waals surface area contributed by atoms with Gasteiger partial charge in [0.1, 0.15) is 11.9 Å². The zero-order chi connectivity index (χ0) is 15.0. The summed E-state index contributed by atoms with van der Waals surface area (Å²) < 4.78 is 5.76. The maximum Gasteiger partial charge on any atom is 0.123 e. The molecule has 0 radical (unpaired) electrons. The van der Waals surface area contributed by atoms with Crippen molar-refractivity contribution in [1.82, 2.24) is 5.32 Å². The van der Waals surface area contributed by atoms with Crippen LogP contribution in [0.5, 0.6) is 5.75 Å². The highest BCUT2D eigenvalue weighted by Gasteiger charge is 2.22. The molecule has 4 heteroatoms. The van der Waals surface area contributed by atoms with Gasteiger partial charge in [-0.25, -0.2) is 0 Å². The third-order valence-corrected chi connectivity index (χ3v) is 4.39. The van der Waals surface area contributed by atoms with E-state index in [1.165, 1.54) is 5.56 Å². The van der Waals surface area contributed by atoms with Crippen molar-refractivity contribution in [3.8, 4) is 5.75 Å². The molecule has 2 aromatic rings. The maximum atomic E-state index is 6.34. The SMILES string of the molecule is CNC(c1ccc2c(c1)CC(C)O2)c1cc(Cl)ccc1Cl. The summed E-state index contributed by atoms with van der Waals surface area (Å²) >= 11 is 12.4. The van der Waals surface area contributed by atoms with Gasteiger partial charge in [-0.05, 0) is 54.9 Å². The van der Waals surface area contributed by atoms with Crippen molar-refractivity contribution in [2.75, 3.05) is 7.05 Å². The average molecular weight is 322 g/mol. The monoisotopic (exact) mass is 321 g/mol. The largest absolute Gasteiger partial charge is 0.490 e. The molecule has 2 unspecified atom stereocenters. The number of fused-ring (bicyclic) bond motifs is 1. The summed E-state index contributed by atoms with van der Waals surface area (Å²) in [6.45, 7) is 2.09. The predicted molar refractivity (Wildman–Crippen MR) is 87.6 cm³/mol. The molecule has 21 heavy (non-hydrogen) atoms. The van der Waals surface area contributed by atoms with Crippen molar-refractivity contribution in [3.63, 3.8) is 0 Å². The molecule has 1 aliphatic rings. The van der Waals surface area contributed by atoms with Crippen LogP contribution in [-0.2, 0) is 6.42 Å². The van der Waals surface area contributed by atoms with Crippen LogP contribution >= 0.6 is 23.2 Å². The molecule has 0 aromatic heterocycles. The second-order valence-corrected chi connectivity index (χ2v) is 6.23. The molecule has 0 amide bonds. The number of ether oxygens (including phenoxy) is 1. The summed E-state index contributed by atoms with van der Waals surface area (Å²) in [5, 5.41) is 4.72. The minimum Gasteiger partial charge on any atom is -0.490 e. The minimum atomic E-state index is 0.0115. The number of hydrogen-bond donors (Lipinski definition) is 1. The molecule has 0 aliphatic carbocycles. The summed E-state index contributed by atoms with van der Waals surface area (Å²) in [6, 6.07) is 11.9. The lowest BCUT2D eigenvalue weighted by Crippen LogP contribution is -2.18. The van der Waals surface area contributed by atoms with E-state index in [1.807, 2.05) is 25.2 Å². The van der Waals surface area contributed by atoms with Crippen LogP contribution in [0.3, 0.4) is 0 Å². The molecule has 1 aliphatic heterocycles. The molecule has 110 valence electrons. The Labute approximate surface area is 135 Å². The zero-order valence-electron chi connectivity index (χ0n) is 12.0. The summed E-state index contributed by atoms with van der Waals surface area (Å²) in [4.78, 5) is 0. The molecule has 2 atom stereocenters. The summed E-state index contributed by atoms with van der Waals surface area (Å²) in [7, 11) is 1.92. The van der Waals surface area contributed by atoms with Gasteiger partial charge < -0.3 is 10.1 Å². The van der Waals surface area contributed by atoms with Crippen LogP contribution < -0.4 is 10.1 Å². The van der Waals surface area contributed by atoms with Gasteiger partial charge in [-0.3, -0.25) is 0 Å². The lowest BCUT2D eigenvalue weighted by Gasteiger charge is -2.19. The Morgan fingerprint density at radius 3 is 2.76 bits per heavy atom. The van der Waals surface area contributed by atoms with Crippen LogP contribution in [0, 0.1) is 0 Å². The van der Waals surface area contributed by atoms with Crippen molar-refractivity contribution in [2.24, 2.45) is 0 Å². The molecular weight excluding hydrogens is 305 g/mol. The molecule has 0 saturated heterocycles. The van der Waals surface area contributed by atoms with E-state index in [0.29, 0.717) is 10.0 Å². The standard InChI is InChI=1S/C17H17Cl2NO/c1-10-7-12-8-11(3-6-16(12)21-10)17(20-2)14-9-13(18)4-5-15(14)19/h3-6,8-10,17,20H,7H2,1-2H3. The Kier molecular flexibility index (Phi) is 4.12. The van der Waals surface area contributed by atoms with E-state index < -0.39 is 0 Å². The second kappa shape index (κ2) is 5.88. The molecule has 3 rings (SSSR count). The molecule has 2 nitrogen and oxygen atoms in total. The molecule has 2 aromatic carbocycles. The van der Waals surface area contributed by atoms with Crippen LogP contribution in [0.2, 0.25) is 10.0 Å². The second-order valence-electron chi connectivity index (χ2n) is 5.39. The highest BCUT2D eigenvalue weighted by Crippen LogP contribution is 2.35. The fourth-order valence-electron chi connectivity index (χ4n) is 2.86. The normalized spacial score (nSPS) is 18.2. The smallest absolute Gasteiger partial charge is 0.123 e. The third kappa shape index (κ3) is 2.89. The Balaban J connectivity index is 2.01. The van der Waals surface area contributed by atoms with Crippen LogP contribution in [0.15, 0.2) is 36.4 Å². The number of rotatable bonds is 3. The molecule has 0 spiro atoms. The first-order chi connectivity index (χ1) is 10.1. The lowest BCUT2D eigenvalue weighted by atomic mass is 9.96. The van der Waals surface area contributed by atoms with E-state index >= 15 is 0 Å². The summed E-state index contributed by atoms with van der Waals surface area (Å²) in [5.74, 6) is 0.985. The number of hydrogen-bond acceptors (Lipinski definition) is 2. The van der Waals surface area contributed by atoms with Gasteiger partial charge in [0, 0.05) is 16.5 Å². The van der Waals surface area contributed by atoms with E-state index in [2.05, 4.69) is 24.4 Å². The average Bonchev–Trinajstić information content (AvgIpc) is 2.83. The van der Waals surface area contributed by atoms with Gasteiger partial charge in [0.05, 0.1) is 6.04 Å². The van der Waals surface area contributed by atoms with Crippen molar-refractivity contribution in [1.29, 1.82) is 0 Å². The van der Waals surface area contributed by atoms with Gasteiger partial charge in [0.25, 0.3) is 0 Å². The number of halogens is 2. The van der Waals surface area contributed by atoms with Crippen molar-refractivity contribution in [3.05, 3.63) is 63.1 Å². The summed E-state index contributed by atoms with van der Waals surface area (Å²) in [6.07, 6.45) is 1.20. The van der Waals surface area contributed by atoms with Gasteiger partial charge in [0.2, 0.25) is 0 Å². The van der Waals surface area contributed by atoms with Crippen LogP contribution in [0.4, 0.5) is 0 Å². The molecule has 0 fully saturated rings. The zero-order valence-corrected chi connectivity index (χ0v) is 13.5. The van der Waals surface area contributed by atoms with Crippen molar-refractivity contribution < 1.29 is 4.74 Å². The van der Waals surface area contributed by atoms with E-state index in [0.717, 1.165) is 23.3 Å². The molecule has 1 N–H and O–H groups in total. The summed E-state index contributed by atoms with van der Waals surface area (Å²) in [5.41, 5.74) is 3.40. The van der Waals surface area contributed by atoms with Crippen LogP contribution in [0.25, 0.3) is 0 Å². The van der Waals surface area contributed by atoms with Gasteiger partial charge >= 0.3 is 0 Å². The minimum absolute atomic E-state index is 0.0115. The van der Waals surface area contributed by atoms with E-state index in [4.69, 9.17) is 27.9 Å². The fraction of sp³-hybridized carbons (Fsp3) is 0.294. The van der Waals surface area contributed by atoms with E-state index in [9.17, 15) is 0 Å². The lowest BCUT2D eigenvalue weighted by molar-refractivity contribution is 0.254. The Hall–Kier alpha value is -1.22. The van der Waals surface area contributed by atoms with Crippen LogP contribution in [0.1, 0.15) is 29.7 Å². The van der Waals surface area contributed by atoms with Gasteiger partial charge in [-0.1, -0.05) is 35.3 Å². The maximum absolute atomic E-state index is 6.34. The Morgan fingerprint density at radius 2 is 2.00 bits per heavy atom. The molecule has 1 heterocycles. The van der Waals surface area contributed by atoms with Gasteiger partial charge in [-0.2, -0.15) is 0 Å². The quantitative estimate of drug-likeness (QED) is 0.890. The van der Waals surface area contributed by atoms with Crippen LogP contribution in [-0.4, -0.2) is 13.2 Å². The first kappa shape index (κ1) is 14.7. The van der Waals surface area contributed by atoms with Crippen molar-refractivity contribution in [2.45, 2.75) is 25.5 Å².